The summed E-state index contributed by atoms with van der Waals surface area (Å²) in [6.45, 7) is 26.4. The standard InChI is InChI=1S/C27H54N2O3/c1-20(2)22(30)17-27(11,12)32-16-15-25(7,8)23(31)28(13)19-24(5,6)18-26(9,10)29(14)21(3)4/h20-21H,15-19H2,1-14H3. The predicted molar refractivity (Wildman–Crippen MR) is 136 cm³/mol. The summed E-state index contributed by atoms with van der Waals surface area (Å²) >= 11 is 0. The highest BCUT2D eigenvalue weighted by Crippen LogP contribution is 2.34. The third kappa shape index (κ3) is 10.3. The van der Waals surface area contributed by atoms with Gasteiger partial charge >= 0.3 is 0 Å². The minimum atomic E-state index is -0.521. The molecule has 0 aliphatic rings. The number of hydrogen-bond donors (Lipinski definition) is 0. The molecule has 1 amide bonds. The van der Waals surface area contributed by atoms with Crippen molar-refractivity contribution >= 4 is 11.7 Å². The van der Waals surface area contributed by atoms with Gasteiger partial charge in [-0.05, 0) is 66.8 Å². The maximum Gasteiger partial charge on any atom is 0.228 e. The smallest absolute Gasteiger partial charge is 0.228 e. The Morgan fingerprint density at radius 3 is 1.81 bits per heavy atom. The normalized spacial score (nSPS) is 13.9. The van der Waals surface area contributed by atoms with Gasteiger partial charge in [-0.2, -0.15) is 0 Å². The van der Waals surface area contributed by atoms with Gasteiger partial charge in [-0.1, -0.05) is 41.5 Å². The number of nitrogens with zero attached hydrogens (tertiary/aromatic N) is 2. The molecule has 0 heterocycles. The first-order chi connectivity index (χ1) is 14.1. The summed E-state index contributed by atoms with van der Waals surface area (Å²) in [6.07, 6.45) is 2.01. The Kier molecular flexibility index (Phi) is 11.1. The molecule has 5 nitrogen and oxygen atoms in total. The Labute approximate surface area is 199 Å². The highest BCUT2D eigenvalue weighted by atomic mass is 16.5. The lowest BCUT2D eigenvalue weighted by Crippen LogP contribution is -2.50. The van der Waals surface area contributed by atoms with E-state index >= 15 is 0 Å². The second-order valence-electron chi connectivity index (χ2n) is 13.1. The van der Waals surface area contributed by atoms with E-state index in [1.807, 2.05) is 53.5 Å². The fraction of sp³-hybridized carbons (Fsp3) is 0.926. The van der Waals surface area contributed by atoms with Crippen LogP contribution < -0.4 is 0 Å². The van der Waals surface area contributed by atoms with Gasteiger partial charge in [-0.3, -0.25) is 14.5 Å². The van der Waals surface area contributed by atoms with Gasteiger partial charge in [0.25, 0.3) is 0 Å². The summed E-state index contributed by atoms with van der Waals surface area (Å²) < 4.78 is 6.03. The molecule has 0 saturated carbocycles. The van der Waals surface area contributed by atoms with Crippen LogP contribution in [0.5, 0.6) is 0 Å². The number of hydrogen-bond acceptors (Lipinski definition) is 4. The molecule has 0 N–H and O–H groups in total. The van der Waals surface area contributed by atoms with Crippen LogP contribution in [0.15, 0.2) is 0 Å². The average molecular weight is 455 g/mol. The van der Waals surface area contributed by atoms with Crippen molar-refractivity contribution in [1.29, 1.82) is 0 Å². The van der Waals surface area contributed by atoms with E-state index in [1.165, 1.54) is 0 Å². The lowest BCUT2D eigenvalue weighted by atomic mass is 9.78. The Morgan fingerprint density at radius 2 is 1.38 bits per heavy atom. The molecule has 0 radical (unpaired) electrons. The fourth-order valence-corrected chi connectivity index (χ4v) is 4.65. The summed E-state index contributed by atoms with van der Waals surface area (Å²) in [4.78, 5) is 29.7. The molecule has 0 aliphatic carbocycles. The van der Waals surface area contributed by atoms with Crippen molar-refractivity contribution in [3.8, 4) is 0 Å². The monoisotopic (exact) mass is 454 g/mol. The maximum absolute atomic E-state index is 13.3. The molecule has 0 aromatic rings. The zero-order valence-corrected chi connectivity index (χ0v) is 23.8. The van der Waals surface area contributed by atoms with Crippen LogP contribution in [0.25, 0.3) is 0 Å². The van der Waals surface area contributed by atoms with Crippen LogP contribution in [-0.4, -0.2) is 65.9 Å². The van der Waals surface area contributed by atoms with Crippen molar-refractivity contribution in [2.45, 2.75) is 120 Å². The van der Waals surface area contributed by atoms with Crippen LogP contribution in [0, 0.1) is 16.7 Å². The number of ketones is 1. The van der Waals surface area contributed by atoms with E-state index in [2.05, 4.69) is 53.5 Å². The van der Waals surface area contributed by atoms with Crippen molar-refractivity contribution in [1.82, 2.24) is 9.80 Å². The number of rotatable bonds is 14. The Morgan fingerprint density at radius 1 is 0.875 bits per heavy atom. The van der Waals surface area contributed by atoms with Crippen molar-refractivity contribution in [3.05, 3.63) is 0 Å². The number of carbonyl (C=O) groups excluding carboxylic acids is 2. The number of amides is 1. The summed E-state index contributed by atoms with van der Waals surface area (Å²) in [5, 5.41) is 0. The first kappa shape index (κ1) is 31.1. The van der Waals surface area contributed by atoms with Crippen molar-refractivity contribution < 1.29 is 14.3 Å². The van der Waals surface area contributed by atoms with Crippen molar-refractivity contribution in [2.24, 2.45) is 16.7 Å². The van der Waals surface area contributed by atoms with Crippen molar-refractivity contribution in [3.63, 3.8) is 0 Å². The Bertz CT molecular complexity index is 618. The summed E-state index contributed by atoms with van der Waals surface area (Å²) in [6, 6.07) is 0.471. The molecular weight excluding hydrogens is 400 g/mol. The molecule has 0 unspecified atom stereocenters. The zero-order valence-electron chi connectivity index (χ0n) is 23.8. The molecule has 190 valence electrons. The average Bonchev–Trinajstić information content (AvgIpc) is 2.57. The predicted octanol–water partition coefficient (Wildman–Crippen LogP) is 5.81. The zero-order chi connectivity index (χ0) is 25.7. The molecule has 0 aromatic heterocycles. The molecule has 0 rings (SSSR count). The first-order valence-corrected chi connectivity index (χ1v) is 12.3. The number of Topliss-reactive ketones (excluding diaryl/α,β-unsaturated/α-hetero) is 1. The van der Waals surface area contributed by atoms with Gasteiger partial charge in [0.2, 0.25) is 5.91 Å². The van der Waals surface area contributed by atoms with E-state index < -0.39 is 11.0 Å². The fourth-order valence-electron chi connectivity index (χ4n) is 4.65. The van der Waals surface area contributed by atoms with Crippen LogP contribution in [0.1, 0.15) is 102 Å². The molecule has 32 heavy (non-hydrogen) atoms. The molecule has 0 saturated heterocycles. The second kappa shape index (κ2) is 11.5. The van der Waals surface area contributed by atoms with Crippen LogP contribution >= 0.6 is 0 Å². The summed E-state index contributed by atoms with van der Waals surface area (Å²) in [7, 11) is 4.09. The number of ether oxygens (including phenoxy) is 1. The number of carbonyl (C=O) groups is 2. The van der Waals surface area contributed by atoms with Gasteiger partial charge in [-0.25, -0.2) is 0 Å². The van der Waals surface area contributed by atoms with Gasteiger partial charge in [-0.15, -0.1) is 0 Å². The van der Waals surface area contributed by atoms with Crippen LogP contribution in [0.2, 0.25) is 0 Å². The molecule has 0 spiro atoms. The maximum atomic E-state index is 13.3. The lowest BCUT2D eigenvalue weighted by Gasteiger charge is -2.45. The molecule has 0 fully saturated rings. The molecule has 5 heteroatoms. The molecule has 0 atom stereocenters. The van der Waals surface area contributed by atoms with Crippen LogP contribution in [0.3, 0.4) is 0 Å². The first-order valence-electron chi connectivity index (χ1n) is 12.3. The van der Waals surface area contributed by atoms with E-state index in [0.29, 0.717) is 32.0 Å². The van der Waals surface area contributed by atoms with Gasteiger partial charge in [0.05, 0.1) is 5.60 Å². The minimum absolute atomic E-state index is 0.0111. The van der Waals surface area contributed by atoms with Gasteiger partial charge < -0.3 is 9.64 Å². The van der Waals surface area contributed by atoms with E-state index in [1.54, 1.807) is 0 Å². The highest BCUT2D eigenvalue weighted by molar-refractivity contribution is 5.82. The Balaban J connectivity index is 4.95. The molecule has 0 bridgehead atoms. The SMILES string of the molecule is CC(C)C(=O)CC(C)(C)OCCC(C)(C)C(=O)N(C)CC(C)(C)CC(C)(C)N(C)C(C)C. The third-order valence-electron chi connectivity index (χ3n) is 6.70. The van der Waals surface area contributed by atoms with Gasteiger partial charge in [0, 0.05) is 49.5 Å². The largest absolute Gasteiger partial charge is 0.375 e. The van der Waals surface area contributed by atoms with Crippen molar-refractivity contribution in [2.75, 3.05) is 27.2 Å². The molecule has 0 aliphatic heterocycles. The third-order valence-corrected chi connectivity index (χ3v) is 6.70. The van der Waals surface area contributed by atoms with Gasteiger partial charge in [0.1, 0.15) is 5.78 Å². The van der Waals surface area contributed by atoms with E-state index in [0.717, 1.165) is 6.42 Å². The van der Waals surface area contributed by atoms with E-state index in [9.17, 15) is 9.59 Å². The van der Waals surface area contributed by atoms with Gasteiger partial charge in [0.15, 0.2) is 0 Å². The van der Waals surface area contributed by atoms with E-state index in [4.69, 9.17) is 4.74 Å². The van der Waals surface area contributed by atoms with Crippen LogP contribution in [-0.2, 0) is 14.3 Å². The Hall–Kier alpha value is -0.940. The molecular formula is C27H54N2O3. The van der Waals surface area contributed by atoms with E-state index in [-0.39, 0.29) is 28.6 Å². The highest BCUT2D eigenvalue weighted by Gasteiger charge is 2.37. The minimum Gasteiger partial charge on any atom is -0.375 e. The summed E-state index contributed by atoms with van der Waals surface area (Å²) in [5.41, 5.74) is -0.998. The second-order valence-corrected chi connectivity index (χ2v) is 13.1. The lowest BCUT2D eigenvalue weighted by molar-refractivity contribution is -0.143. The molecule has 0 aromatic carbocycles. The topological polar surface area (TPSA) is 49.9 Å². The quantitative estimate of drug-likeness (QED) is 0.332. The summed E-state index contributed by atoms with van der Waals surface area (Å²) in [5.74, 6) is 0.358. The van der Waals surface area contributed by atoms with Crippen LogP contribution in [0.4, 0.5) is 0 Å².